The van der Waals surface area contributed by atoms with Crippen molar-refractivity contribution < 1.29 is 9.90 Å². The van der Waals surface area contributed by atoms with Gasteiger partial charge in [-0.15, -0.1) is 6.58 Å². The van der Waals surface area contributed by atoms with Crippen LogP contribution in [0, 0.1) is 6.92 Å². The Morgan fingerprint density at radius 3 is 2.80 bits per heavy atom. The van der Waals surface area contributed by atoms with Crippen molar-refractivity contribution in [2.75, 3.05) is 18.5 Å². The van der Waals surface area contributed by atoms with Crippen LogP contribution in [0.2, 0.25) is 0 Å². The first-order chi connectivity index (χ1) is 7.07. The maximum Gasteiger partial charge on any atom is 0.337 e. The van der Waals surface area contributed by atoms with Crippen LogP contribution in [0.3, 0.4) is 0 Å². The Balaban J connectivity index is 3.23. The molecule has 0 unspecified atom stereocenters. The van der Waals surface area contributed by atoms with Gasteiger partial charge in [0.05, 0.1) is 11.3 Å². The molecule has 3 nitrogen and oxygen atoms in total. The zero-order chi connectivity index (χ0) is 11.4. The number of likely N-dealkylation sites (N-methyl/N-ethyl adjacent to an activating group) is 1. The van der Waals surface area contributed by atoms with Gasteiger partial charge in [-0.1, -0.05) is 18.2 Å². The quantitative estimate of drug-likeness (QED) is 0.767. The summed E-state index contributed by atoms with van der Waals surface area (Å²) in [6.45, 7) is 6.18. The fourth-order valence-electron chi connectivity index (χ4n) is 1.62. The SMILES string of the molecule is C=CCN(C)c1c(C)cccc1C(=O)O. The van der Waals surface area contributed by atoms with Gasteiger partial charge < -0.3 is 10.0 Å². The van der Waals surface area contributed by atoms with Crippen LogP contribution >= 0.6 is 0 Å². The molecule has 0 aromatic heterocycles. The number of carboxylic acid groups (broad SMARTS) is 1. The standard InChI is InChI=1S/C12H15NO2/c1-4-8-13(3)11-9(2)6-5-7-10(11)12(14)15/h4-7H,1,8H2,2-3H3,(H,14,15). The Hall–Kier alpha value is -1.77. The second kappa shape index (κ2) is 4.64. The highest BCUT2D eigenvalue weighted by Gasteiger charge is 2.14. The molecule has 0 radical (unpaired) electrons. The molecule has 0 aliphatic rings. The van der Waals surface area contributed by atoms with Gasteiger partial charge >= 0.3 is 5.97 Å². The fraction of sp³-hybridized carbons (Fsp3) is 0.250. The Morgan fingerprint density at radius 2 is 2.27 bits per heavy atom. The molecular weight excluding hydrogens is 190 g/mol. The van der Waals surface area contributed by atoms with Crippen molar-refractivity contribution in [2.24, 2.45) is 0 Å². The first kappa shape index (κ1) is 11.3. The van der Waals surface area contributed by atoms with Gasteiger partial charge in [0.25, 0.3) is 0 Å². The lowest BCUT2D eigenvalue weighted by Gasteiger charge is -2.21. The molecular formula is C12H15NO2. The van der Waals surface area contributed by atoms with Crippen LogP contribution in [0.5, 0.6) is 0 Å². The average Bonchev–Trinajstić information content (AvgIpc) is 2.17. The molecule has 0 spiro atoms. The van der Waals surface area contributed by atoms with E-state index >= 15 is 0 Å². The van der Waals surface area contributed by atoms with E-state index in [9.17, 15) is 4.79 Å². The number of carbonyl (C=O) groups is 1. The molecule has 0 saturated carbocycles. The van der Waals surface area contributed by atoms with Gasteiger partial charge in [-0.25, -0.2) is 4.79 Å². The summed E-state index contributed by atoms with van der Waals surface area (Å²) in [6, 6.07) is 5.27. The highest BCUT2D eigenvalue weighted by atomic mass is 16.4. The molecule has 0 bridgehead atoms. The molecule has 0 amide bonds. The van der Waals surface area contributed by atoms with Gasteiger partial charge in [0, 0.05) is 13.6 Å². The van der Waals surface area contributed by atoms with Crippen LogP contribution in [0.4, 0.5) is 5.69 Å². The predicted molar refractivity (Wildman–Crippen MR) is 61.6 cm³/mol. The molecule has 1 aromatic rings. The van der Waals surface area contributed by atoms with Crippen molar-refractivity contribution >= 4 is 11.7 Å². The molecule has 0 aliphatic heterocycles. The van der Waals surface area contributed by atoms with Gasteiger partial charge in [-0.05, 0) is 18.6 Å². The Kier molecular flexibility index (Phi) is 3.50. The lowest BCUT2D eigenvalue weighted by molar-refractivity contribution is 0.0697. The van der Waals surface area contributed by atoms with E-state index in [4.69, 9.17) is 5.11 Å². The first-order valence-corrected chi connectivity index (χ1v) is 4.73. The molecule has 0 atom stereocenters. The van der Waals surface area contributed by atoms with E-state index in [-0.39, 0.29) is 0 Å². The minimum atomic E-state index is -0.899. The average molecular weight is 205 g/mol. The third-order valence-electron chi connectivity index (χ3n) is 2.25. The number of carboxylic acids is 1. The zero-order valence-corrected chi connectivity index (χ0v) is 9.03. The van der Waals surface area contributed by atoms with Gasteiger partial charge in [-0.3, -0.25) is 0 Å². The maximum absolute atomic E-state index is 11.0. The largest absolute Gasteiger partial charge is 0.478 e. The number of aromatic carboxylic acids is 1. The van der Waals surface area contributed by atoms with Gasteiger partial charge in [0.2, 0.25) is 0 Å². The van der Waals surface area contributed by atoms with Gasteiger partial charge in [-0.2, -0.15) is 0 Å². The molecule has 15 heavy (non-hydrogen) atoms. The summed E-state index contributed by atoms with van der Waals surface area (Å²) < 4.78 is 0. The zero-order valence-electron chi connectivity index (χ0n) is 9.03. The highest BCUT2D eigenvalue weighted by Crippen LogP contribution is 2.23. The van der Waals surface area contributed by atoms with Crippen molar-refractivity contribution in [1.29, 1.82) is 0 Å². The molecule has 0 aliphatic carbocycles. The molecule has 0 saturated heterocycles. The van der Waals surface area contributed by atoms with E-state index in [0.717, 1.165) is 11.3 Å². The van der Waals surface area contributed by atoms with Crippen LogP contribution in [0.15, 0.2) is 30.9 Å². The van der Waals surface area contributed by atoms with Crippen LogP contribution in [-0.4, -0.2) is 24.7 Å². The first-order valence-electron chi connectivity index (χ1n) is 4.73. The lowest BCUT2D eigenvalue weighted by Crippen LogP contribution is -2.20. The van der Waals surface area contributed by atoms with E-state index in [2.05, 4.69) is 6.58 Å². The van der Waals surface area contributed by atoms with Crippen molar-refractivity contribution in [2.45, 2.75) is 6.92 Å². The van der Waals surface area contributed by atoms with Gasteiger partial charge in [0.1, 0.15) is 0 Å². The minimum absolute atomic E-state index is 0.333. The fourth-order valence-corrected chi connectivity index (χ4v) is 1.62. The summed E-state index contributed by atoms with van der Waals surface area (Å²) in [6.07, 6.45) is 1.75. The van der Waals surface area contributed by atoms with Crippen molar-refractivity contribution in [3.05, 3.63) is 42.0 Å². The summed E-state index contributed by atoms with van der Waals surface area (Å²) >= 11 is 0. The monoisotopic (exact) mass is 205 g/mol. The Morgan fingerprint density at radius 1 is 1.60 bits per heavy atom. The predicted octanol–water partition coefficient (Wildman–Crippen LogP) is 2.32. The van der Waals surface area contributed by atoms with Gasteiger partial charge in [0.15, 0.2) is 0 Å². The Bertz CT molecular complexity index is 385. The summed E-state index contributed by atoms with van der Waals surface area (Å²) in [7, 11) is 1.86. The maximum atomic E-state index is 11.0. The molecule has 1 N–H and O–H groups in total. The number of hydrogen-bond acceptors (Lipinski definition) is 2. The van der Waals surface area contributed by atoms with E-state index in [1.807, 2.05) is 24.9 Å². The third kappa shape index (κ3) is 2.37. The van der Waals surface area contributed by atoms with Crippen molar-refractivity contribution in [3.8, 4) is 0 Å². The number of benzene rings is 1. The highest BCUT2D eigenvalue weighted by molar-refractivity contribution is 5.95. The number of hydrogen-bond donors (Lipinski definition) is 1. The number of nitrogens with zero attached hydrogens (tertiary/aromatic N) is 1. The number of anilines is 1. The third-order valence-corrected chi connectivity index (χ3v) is 2.25. The van der Waals surface area contributed by atoms with E-state index in [0.29, 0.717) is 12.1 Å². The number of rotatable bonds is 4. The van der Waals surface area contributed by atoms with Crippen LogP contribution in [-0.2, 0) is 0 Å². The second-order valence-electron chi connectivity index (χ2n) is 3.45. The van der Waals surface area contributed by atoms with Crippen molar-refractivity contribution in [3.63, 3.8) is 0 Å². The van der Waals surface area contributed by atoms with Crippen LogP contribution in [0.25, 0.3) is 0 Å². The molecule has 1 rings (SSSR count). The Labute approximate surface area is 89.6 Å². The second-order valence-corrected chi connectivity index (χ2v) is 3.45. The minimum Gasteiger partial charge on any atom is -0.478 e. The van der Waals surface area contributed by atoms with E-state index in [1.165, 1.54) is 0 Å². The summed E-state index contributed by atoms with van der Waals surface area (Å²) in [5.41, 5.74) is 2.04. The van der Waals surface area contributed by atoms with Crippen LogP contribution < -0.4 is 4.90 Å². The molecule has 0 fully saturated rings. The molecule has 1 aromatic carbocycles. The normalized spacial score (nSPS) is 9.73. The summed E-state index contributed by atoms with van der Waals surface area (Å²) in [5.74, 6) is -0.899. The molecule has 80 valence electrons. The topological polar surface area (TPSA) is 40.5 Å². The smallest absolute Gasteiger partial charge is 0.337 e. The number of aryl methyl sites for hydroxylation is 1. The molecule has 3 heteroatoms. The lowest BCUT2D eigenvalue weighted by atomic mass is 10.1. The number of para-hydroxylation sites is 1. The van der Waals surface area contributed by atoms with Crippen molar-refractivity contribution in [1.82, 2.24) is 0 Å². The van der Waals surface area contributed by atoms with Crippen LogP contribution in [0.1, 0.15) is 15.9 Å². The summed E-state index contributed by atoms with van der Waals surface area (Å²) in [5, 5.41) is 9.05. The van der Waals surface area contributed by atoms with E-state index in [1.54, 1.807) is 18.2 Å². The summed E-state index contributed by atoms with van der Waals surface area (Å²) in [4.78, 5) is 12.9. The molecule has 0 heterocycles. The van der Waals surface area contributed by atoms with E-state index < -0.39 is 5.97 Å².